The van der Waals surface area contributed by atoms with Crippen molar-refractivity contribution in [3.8, 4) is 16.9 Å². The number of furan rings is 1. The molecule has 3 heterocycles. The third kappa shape index (κ3) is 3.91. The smallest absolute Gasteiger partial charge is 0.149 e. The van der Waals surface area contributed by atoms with Crippen LogP contribution in [0, 0.1) is 0 Å². The largest absolute Gasteiger partial charge is 0.457 e. The van der Waals surface area contributed by atoms with Crippen molar-refractivity contribution in [3.05, 3.63) is 168 Å². The normalized spacial score (nSPS) is 17.3. The number of nitrogens with one attached hydrogen (secondary N) is 2. The van der Waals surface area contributed by atoms with Crippen molar-refractivity contribution in [2.45, 2.75) is 12.2 Å². The van der Waals surface area contributed by atoms with Gasteiger partial charge in [-0.2, -0.15) is 0 Å². The first-order chi connectivity index (χ1) is 22.8. The summed E-state index contributed by atoms with van der Waals surface area (Å²) in [5.41, 5.74) is 8.38. The van der Waals surface area contributed by atoms with E-state index in [0.717, 1.165) is 55.8 Å². The van der Waals surface area contributed by atoms with Crippen molar-refractivity contribution < 1.29 is 9.15 Å². The van der Waals surface area contributed by atoms with Crippen LogP contribution in [0.1, 0.15) is 28.9 Å². The van der Waals surface area contributed by atoms with Gasteiger partial charge in [0, 0.05) is 21.9 Å². The lowest BCUT2D eigenvalue weighted by molar-refractivity contribution is 0.348. The van der Waals surface area contributed by atoms with E-state index in [0.29, 0.717) is 0 Å². The molecule has 1 aromatic heterocycles. The van der Waals surface area contributed by atoms with E-state index < -0.39 is 0 Å². The molecule has 2 aliphatic rings. The van der Waals surface area contributed by atoms with E-state index in [1.807, 2.05) is 12.1 Å². The van der Waals surface area contributed by atoms with Gasteiger partial charge in [0.15, 0.2) is 0 Å². The summed E-state index contributed by atoms with van der Waals surface area (Å²) < 4.78 is 13.2. The Balaban J connectivity index is 1.13. The van der Waals surface area contributed by atoms with E-state index in [9.17, 15) is 0 Å². The monoisotopic (exact) mass is 592 g/mol. The van der Waals surface area contributed by atoms with Crippen LogP contribution < -0.4 is 15.4 Å². The maximum absolute atomic E-state index is 6.61. The second kappa shape index (κ2) is 9.83. The minimum Gasteiger partial charge on any atom is -0.457 e. The summed E-state index contributed by atoms with van der Waals surface area (Å²) in [5, 5.41) is 14.8. The molecule has 8 aromatic rings. The molecule has 7 aromatic carbocycles. The third-order valence-electron chi connectivity index (χ3n) is 9.54. The number of hydrogen-bond acceptors (Lipinski definition) is 4. The molecule has 4 heteroatoms. The number of hydrogen-bond donors (Lipinski definition) is 2. The first kappa shape index (κ1) is 25.5. The molecule has 0 amide bonds. The van der Waals surface area contributed by atoms with Crippen molar-refractivity contribution in [2.24, 2.45) is 0 Å². The zero-order valence-electron chi connectivity index (χ0n) is 24.8. The maximum atomic E-state index is 6.61. The van der Waals surface area contributed by atoms with Crippen molar-refractivity contribution >= 4 is 49.2 Å². The Labute approximate surface area is 265 Å². The van der Waals surface area contributed by atoms with Crippen molar-refractivity contribution in [1.29, 1.82) is 0 Å². The summed E-state index contributed by atoms with van der Waals surface area (Å²) in [4.78, 5) is 0. The van der Waals surface area contributed by atoms with E-state index in [1.54, 1.807) is 0 Å². The van der Waals surface area contributed by atoms with Crippen LogP contribution in [0.3, 0.4) is 0 Å². The summed E-state index contributed by atoms with van der Waals surface area (Å²) in [5.74, 6) is 1.77. The van der Waals surface area contributed by atoms with Gasteiger partial charge in [0.05, 0.1) is 11.7 Å². The Bertz CT molecular complexity index is 2540. The lowest BCUT2D eigenvalue weighted by Gasteiger charge is -2.33. The molecule has 2 unspecified atom stereocenters. The fourth-order valence-corrected chi connectivity index (χ4v) is 7.28. The van der Waals surface area contributed by atoms with Crippen molar-refractivity contribution in [1.82, 2.24) is 10.6 Å². The van der Waals surface area contributed by atoms with E-state index in [-0.39, 0.29) is 12.2 Å². The summed E-state index contributed by atoms with van der Waals surface area (Å²) in [7, 11) is 0. The Morgan fingerprint density at radius 2 is 1.26 bits per heavy atom. The number of para-hydroxylation sites is 1. The van der Waals surface area contributed by atoms with Crippen molar-refractivity contribution in [2.75, 3.05) is 0 Å². The lowest BCUT2D eigenvalue weighted by atomic mass is 9.95. The van der Waals surface area contributed by atoms with Gasteiger partial charge < -0.3 is 14.5 Å². The number of rotatable bonds is 3. The minimum atomic E-state index is -0.129. The molecule has 4 nitrogen and oxygen atoms in total. The molecular formula is C42H28N2O2. The molecule has 0 fully saturated rings. The van der Waals surface area contributed by atoms with Crippen LogP contribution in [0.15, 0.2) is 156 Å². The molecule has 0 saturated carbocycles. The van der Waals surface area contributed by atoms with Gasteiger partial charge in [0.2, 0.25) is 0 Å². The molecule has 46 heavy (non-hydrogen) atoms. The van der Waals surface area contributed by atoms with Crippen LogP contribution in [0.2, 0.25) is 0 Å². The first-order valence-corrected chi connectivity index (χ1v) is 15.7. The number of fused-ring (bicyclic) bond motifs is 8. The van der Waals surface area contributed by atoms with Gasteiger partial charge in [-0.3, -0.25) is 5.32 Å². The number of ether oxygens (including phenoxy) is 1. The molecule has 0 aliphatic carbocycles. The predicted molar refractivity (Wildman–Crippen MR) is 186 cm³/mol. The van der Waals surface area contributed by atoms with E-state index >= 15 is 0 Å². The number of benzene rings is 7. The Hall–Kier alpha value is -5.84. The average molecular weight is 593 g/mol. The van der Waals surface area contributed by atoms with Gasteiger partial charge in [0.25, 0.3) is 0 Å². The summed E-state index contributed by atoms with van der Waals surface area (Å²) in [6.07, 6.45) is -0.129. The first-order valence-electron chi connectivity index (χ1n) is 15.7. The van der Waals surface area contributed by atoms with E-state index in [2.05, 4.69) is 144 Å². The van der Waals surface area contributed by atoms with Crippen LogP contribution in [0.4, 0.5) is 0 Å². The molecule has 2 atom stereocenters. The molecule has 2 N–H and O–H groups in total. The predicted octanol–water partition coefficient (Wildman–Crippen LogP) is 10.3. The fraction of sp³-hybridized carbons (Fsp3) is 0.0476. The second-order valence-corrected chi connectivity index (χ2v) is 12.2. The quantitative estimate of drug-likeness (QED) is 0.214. The van der Waals surface area contributed by atoms with Gasteiger partial charge in [-0.1, -0.05) is 109 Å². The summed E-state index contributed by atoms with van der Waals surface area (Å²) in [6.45, 7) is 0. The summed E-state index contributed by atoms with van der Waals surface area (Å²) >= 11 is 0. The summed E-state index contributed by atoms with van der Waals surface area (Å²) in [6, 6.07) is 51.4. The molecule has 10 rings (SSSR count). The van der Waals surface area contributed by atoms with Gasteiger partial charge in [-0.05, 0) is 74.6 Å². The van der Waals surface area contributed by atoms with Gasteiger partial charge in [0.1, 0.15) is 28.8 Å². The molecular weight excluding hydrogens is 564 g/mol. The highest BCUT2D eigenvalue weighted by Gasteiger charge is 2.39. The molecule has 0 spiro atoms. The minimum absolute atomic E-state index is 0.0863. The van der Waals surface area contributed by atoms with Crippen LogP contribution in [0.5, 0.6) is 5.75 Å². The molecule has 0 bridgehead atoms. The SMILES string of the molecule is c1ccc2c(c1)OC1=C(c3cccc4oc5cc(-c6ccc7ccccc7c6)ccc5c34)NC(c3ccc4ccccc4c3)NC12. The van der Waals surface area contributed by atoms with Crippen molar-refractivity contribution in [3.63, 3.8) is 0 Å². The molecule has 0 radical (unpaired) electrons. The Morgan fingerprint density at radius 3 is 2.13 bits per heavy atom. The van der Waals surface area contributed by atoms with Crippen LogP contribution in [-0.2, 0) is 0 Å². The van der Waals surface area contributed by atoms with Crippen LogP contribution in [-0.4, -0.2) is 0 Å². The lowest BCUT2D eigenvalue weighted by Crippen LogP contribution is -2.41. The average Bonchev–Trinajstić information content (AvgIpc) is 3.69. The second-order valence-electron chi connectivity index (χ2n) is 12.2. The highest BCUT2D eigenvalue weighted by molar-refractivity contribution is 6.11. The molecule has 2 aliphatic heterocycles. The van der Waals surface area contributed by atoms with Gasteiger partial charge >= 0.3 is 0 Å². The van der Waals surface area contributed by atoms with Gasteiger partial charge in [-0.25, -0.2) is 0 Å². The molecule has 0 saturated heterocycles. The van der Waals surface area contributed by atoms with Crippen LogP contribution in [0.25, 0.3) is 60.3 Å². The van der Waals surface area contributed by atoms with Crippen LogP contribution >= 0.6 is 0 Å². The third-order valence-corrected chi connectivity index (χ3v) is 9.54. The van der Waals surface area contributed by atoms with E-state index in [4.69, 9.17) is 9.15 Å². The zero-order valence-corrected chi connectivity index (χ0v) is 24.8. The Morgan fingerprint density at radius 1 is 0.543 bits per heavy atom. The fourth-order valence-electron chi connectivity index (χ4n) is 7.28. The standard InChI is InChI=1S/C42H28N2O2/c1-3-10-27-22-29(18-16-25(27)8-1)30-20-21-32-37(24-30)45-36-15-7-13-34(38(32)36)40-41-39(33-12-5-6-14-35(33)46-41)43-42(44-40)31-19-17-26-9-2-4-11-28(26)23-31/h1-24,39,42-44H. The molecule has 218 valence electrons. The highest BCUT2D eigenvalue weighted by Crippen LogP contribution is 2.47. The highest BCUT2D eigenvalue weighted by atomic mass is 16.5. The Kier molecular flexibility index (Phi) is 5.45. The van der Waals surface area contributed by atoms with E-state index in [1.165, 1.54) is 32.7 Å². The zero-order chi connectivity index (χ0) is 30.2. The topological polar surface area (TPSA) is 46.4 Å². The maximum Gasteiger partial charge on any atom is 0.149 e. The van der Waals surface area contributed by atoms with Gasteiger partial charge in [-0.15, -0.1) is 0 Å².